The van der Waals surface area contributed by atoms with Crippen LogP contribution in [0.2, 0.25) is 0 Å². The molecule has 1 unspecified atom stereocenters. The van der Waals surface area contributed by atoms with Crippen LogP contribution in [0.4, 0.5) is 0 Å². The molecule has 1 aromatic rings. The Morgan fingerprint density at radius 2 is 2.00 bits per heavy atom. The van der Waals surface area contributed by atoms with Crippen molar-refractivity contribution in [1.82, 2.24) is 5.32 Å². The number of hydrogen-bond acceptors (Lipinski definition) is 5. The van der Waals surface area contributed by atoms with Crippen LogP contribution in [0.25, 0.3) is 0 Å². The molecule has 5 heteroatoms. The first kappa shape index (κ1) is 12.2. The van der Waals surface area contributed by atoms with Gasteiger partial charge >= 0.3 is 0 Å². The van der Waals surface area contributed by atoms with Crippen molar-refractivity contribution in [2.45, 2.75) is 12.6 Å². The summed E-state index contributed by atoms with van der Waals surface area (Å²) in [5.74, 6) is 1.54. The highest BCUT2D eigenvalue weighted by Crippen LogP contribution is 2.30. The molecule has 5 nitrogen and oxygen atoms in total. The van der Waals surface area contributed by atoms with E-state index in [9.17, 15) is 5.11 Å². The molecule has 1 heterocycles. The SMILES string of the molecule is OCC(O)CNCc1ccc2c(c1)OCCO2. The van der Waals surface area contributed by atoms with Gasteiger partial charge in [-0.25, -0.2) is 0 Å². The van der Waals surface area contributed by atoms with Crippen molar-refractivity contribution in [3.8, 4) is 11.5 Å². The smallest absolute Gasteiger partial charge is 0.161 e. The Morgan fingerprint density at radius 3 is 2.76 bits per heavy atom. The van der Waals surface area contributed by atoms with Gasteiger partial charge in [0.1, 0.15) is 13.2 Å². The maximum atomic E-state index is 9.17. The van der Waals surface area contributed by atoms with E-state index in [4.69, 9.17) is 14.6 Å². The molecule has 1 atom stereocenters. The molecule has 1 aliphatic rings. The van der Waals surface area contributed by atoms with Gasteiger partial charge in [-0.2, -0.15) is 0 Å². The fourth-order valence-electron chi connectivity index (χ4n) is 1.65. The number of benzene rings is 1. The number of aliphatic hydroxyl groups is 2. The second-order valence-corrected chi connectivity index (χ2v) is 3.95. The van der Waals surface area contributed by atoms with E-state index in [1.807, 2.05) is 18.2 Å². The average molecular weight is 239 g/mol. The minimum absolute atomic E-state index is 0.228. The fraction of sp³-hybridized carbons (Fsp3) is 0.500. The zero-order valence-electron chi connectivity index (χ0n) is 9.56. The lowest BCUT2D eigenvalue weighted by molar-refractivity contribution is 0.0942. The number of rotatable bonds is 5. The third-order valence-corrected chi connectivity index (χ3v) is 2.53. The highest BCUT2D eigenvalue weighted by molar-refractivity contribution is 5.43. The summed E-state index contributed by atoms with van der Waals surface area (Å²) in [5, 5.41) is 20.9. The normalized spacial score (nSPS) is 15.6. The van der Waals surface area contributed by atoms with Gasteiger partial charge in [0.2, 0.25) is 0 Å². The summed E-state index contributed by atoms with van der Waals surface area (Å²) >= 11 is 0. The second kappa shape index (κ2) is 5.86. The van der Waals surface area contributed by atoms with Crippen LogP contribution in [-0.2, 0) is 6.54 Å². The van der Waals surface area contributed by atoms with Crippen LogP contribution in [0.1, 0.15) is 5.56 Å². The summed E-state index contributed by atoms with van der Waals surface area (Å²) in [4.78, 5) is 0. The molecule has 0 bridgehead atoms. The summed E-state index contributed by atoms with van der Waals surface area (Å²) in [7, 11) is 0. The first-order valence-corrected chi connectivity index (χ1v) is 5.68. The molecule has 0 radical (unpaired) electrons. The molecule has 2 rings (SSSR count). The van der Waals surface area contributed by atoms with E-state index in [1.54, 1.807) is 0 Å². The maximum Gasteiger partial charge on any atom is 0.161 e. The summed E-state index contributed by atoms with van der Waals surface area (Å²) in [6, 6.07) is 5.76. The van der Waals surface area contributed by atoms with E-state index in [-0.39, 0.29) is 6.61 Å². The molecule has 0 saturated heterocycles. The Hall–Kier alpha value is -1.30. The van der Waals surface area contributed by atoms with Crippen LogP contribution >= 0.6 is 0 Å². The van der Waals surface area contributed by atoms with Gasteiger partial charge in [-0.3, -0.25) is 0 Å². The van der Waals surface area contributed by atoms with Gasteiger partial charge in [0, 0.05) is 13.1 Å². The van der Waals surface area contributed by atoms with Crippen molar-refractivity contribution in [3.05, 3.63) is 23.8 Å². The summed E-state index contributed by atoms with van der Waals surface area (Å²) in [6.07, 6.45) is -0.716. The maximum absolute atomic E-state index is 9.17. The van der Waals surface area contributed by atoms with Gasteiger partial charge in [0.15, 0.2) is 11.5 Å². The first-order valence-electron chi connectivity index (χ1n) is 5.68. The quantitative estimate of drug-likeness (QED) is 0.669. The molecule has 0 aliphatic carbocycles. The third kappa shape index (κ3) is 3.33. The van der Waals surface area contributed by atoms with E-state index in [0.29, 0.717) is 26.3 Å². The van der Waals surface area contributed by atoms with Crippen molar-refractivity contribution in [1.29, 1.82) is 0 Å². The van der Waals surface area contributed by atoms with Crippen LogP contribution in [-0.4, -0.2) is 42.7 Å². The Balaban J connectivity index is 1.89. The van der Waals surface area contributed by atoms with E-state index >= 15 is 0 Å². The minimum atomic E-state index is -0.716. The molecule has 0 spiro atoms. The van der Waals surface area contributed by atoms with Crippen molar-refractivity contribution in [3.63, 3.8) is 0 Å². The highest BCUT2D eigenvalue weighted by Gasteiger charge is 2.11. The lowest BCUT2D eigenvalue weighted by Crippen LogP contribution is -2.29. The zero-order valence-corrected chi connectivity index (χ0v) is 9.56. The topological polar surface area (TPSA) is 71.0 Å². The number of ether oxygens (including phenoxy) is 2. The molecule has 3 N–H and O–H groups in total. The molecule has 1 aromatic carbocycles. The monoisotopic (exact) mass is 239 g/mol. The Bertz CT molecular complexity index is 370. The van der Waals surface area contributed by atoms with Crippen LogP contribution < -0.4 is 14.8 Å². The largest absolute Gasteiger partial charge is 0.486 e. The number of aliphatic hydroxyl groups excluding tert-OH is 2. The molecular formula is C12H17NO4. The Morgan fingerprint density at radius 1 is 1.24 bits per heavy atom. The lowest BCUT2D eigenvalue weighted by Gasteiger charge is -2.19. The van der Waals surface area contributed by atoms with Gasteiger partial charge in [-0.15, -0.1) is 0 Å². The molecule has 17 heavy (non-hydrogen) atoms. The van der Waals surface area contributed by atoms with E-state index in [1.165, 1.54) is 0 Å². The Labute approximate surface area is 100.0 Å². The highest BCUT2D eigenvalue weighted by atomic mass is 16.6. The number of fused-ring (bicyclic) bond motifs is 1. The second-order valence-electron chi connectivity index (χ2n) is 3.95. The van der Waals surface area contributed by atoms with E-state index < -0.39 is 6.10 Å². The summed E-state index contributed by atoms with van der Waals surface area (Å²) < 4.78 is 10.9. The zero-order chi connectivity index (χ0) is 12.1. The minimum Gasteiger partial charge on any atom is -0.486 e. The van der Waals surface area contributed by atoms with Gasteiger partial charge in [0.25, 0.3) is 0 Å². The van der Waals surface area contributed by atoms with Gasteiger partial charge in [-0.1, -0.05) is 6.07 Å². The van der Waals surface area contributed by atoms with Crippen molar-refractivity contribution in [2.75, 3.05) is 26.4 Å². The van der Waals surface area contributed by atoms with Crippen molar-refractivity contribution >= 4 is 0 Å². The van der Waals surface area contributed by atoms with Crippen molar-refractivity contribution in [2.24, 2.45) is 0 Å². The fourth-order valence-corrected chi connectivity index (χ4v) is 1.65. The van der Waals surface area contributed by atoms with Crippen LogP contribution in [0.5, 0.6) is 11.5 Å². The van der Waals surface area contributed by atoms with Gasteiger partial charge in [-0.05, 0) is 17.7 Å². The molecule has 94 valence electrons. The molecule has 0 saturated carbocycles. The predicted molar refractivity (Wildman–Crippen MR) is 62.2 cm³/mol. The van der Waals surface area contributed by atoms with Crippen LogP contribution in [0.3, 0.4) is 0 Å². The van der Waals surface area contributed by atoms with Crippen LogP contribution in [0.15, 0.2) is 18.2 Å². The Kier molecular flexibility index (Phi) is 4.19. The first-order chi connectivity index (χ1) is 8.29. The van der Waals surface area contributed by atoms with Gasteiger partial charge < -0.3 is 25.0 Å². The third-order valence-electron chi connectivity index (χ3n) is 2.53. The molecular weight excluding hydrogens is 222 g/mol. The predicted octanol–water partition coefficient (Wildman–Crippen LogP) is -0.0994. The molecule has 0 amide bonds. The standard InChI is InChI=1S/C12H17NO4/c14-8-10(15)7-13-6-9-1-2-11-12(5-9)17-4-3-16-11/h1-2,5,10,13-15H,3-4,6-8H2. The van der Waals surface area contributed by atoms with Gasteiger partial charge in [0.05, 0.1) is 12.7 Å². The average Bonchev–Trinajstić information content (AvgIpc) is 2.38. The molecule has 1 aliphatic heterocycles. The molecule has 0 aromatic heterocycles. The van der Waals surface area contributed by atoms with Crippen LogP contribution in [0, 0.1) is 0 Å². The van der Waals surface area contributed by atoms with Crippen molar-refractivity contribution < 1.29 is 19.7 Å². The summed E-state index contributed by atoms with van der Waals surface area (Å²) in [6.45, 7) is 1.92. The lowest BCUT2D eigenvalue weighted by atomic mass is 10.2. The molecule has 0 fully saturated rings. The van der Waals surface area contributed by atoms with E-state index in [0.717, 1.165) is 17.1 Å². The number of hydrogen-bond donors (Lipinski definition) is 3. The summed E-state index contributed by atoms with van der Waals surface area (Å²) in [5.41, 5.74) is 1.05. The number of nitrogens with one attached hydrogen (secondary N) is 1. The van der Waals surface area contributed by atoms with E-state index in [2.05, 4.69) is 5.32 Å².